The van der Waals surface area contributed by atoms with Crippen molar-refractivity contribution in [2.75, 3.05) is 18.8 Å². The molecule has 21 heavy (non-hydrogen) atoms. The molecule has 0 aromatic carbocycles. The number of hydrogen-bond acceptors (Lipinski definition) is 4. The van der Waals surface area contributed by atoms with E-state index < -0.39 is 10.4 Å². The fourth-order valence-electron chi connectivity index (χ4n) is 3.02. The van der Waals surface area contributed by atoms with Crippen LogP contribution in [0.4, 0.5) is 0 Å². The molecule has 0 radical (unpaired) electrons. The average molecular weight is 342 g/mol. The molecular weight excluding hydrogens is 310 g/mol. The number of nitrogens with one attached hydrogen (secondary N) is 1. The van der Waals surface area contributed by atoms with E-state index in [-0.39, 0.29) is 0 Å². The number of rotatable bonds is 7. The summed E-state index contributed by atoms with van der Waals surface area (Å²) in [4.78, 5) is 0. The monoisotopic (exact) mass is 341 g/mol. The lowest BCUT2D eigenvalue weighted by Gasteiger charge is -2.32. The van der Waals surface area contributed by atoms with E-state index in [1.54, 1.807) is 0 Å². The molecule has 3 unspecified atom stereocenters. The zero-order valence-corrected chi connectivity index (χ0v) is 14.9. The highest BCUT2D eigenvalue weighted by Crippen LogP contribution is 2.36. The second-order valence-electron chi connectivity index (χ2n) is 6.07. The van der Waals surface area contributed by atoms with E-state index in [0.717, 1.165) is 30.1 Å². The largest absolute Gasteiger partial charge is 0.394 e. The highest BCUT2D eigenvalue weighted by atomic mass is 32.3. The lowest BCUT2D eigenvalue weighted by molar-refractivity contribution is 0.191. The van der Waals surface area contributed by atoms with Gasteiger partial charge < -0.3 is 5.32 Å². The van der Waals surface area contributed by atoms with E-state index in [4.69, 9.17) is 17.5 Å². The minimum Gasteiger partial charge on any atom is -0.316 e. The Morgan fingerprint density at radius 3 is 2.29 bits per heavy atom. The van der Waals surface area contributed by atoms with Crippen molar-refractivity contribution in [1.82, 2.24) is 5.32 Å². The van der Waals surface area contributed by atoms with E-state index in [0.29, 0.717) is 0 Å². The van der Waals surface area contributed by atoms with Crippen molar-refractivity contribution < 1.29 is 17.5 Å². The first-order valence-electron chi connectivity index (χ1n) is 7.75. The third-order valence-electron chi connectivity index (χ3n) is 4.08. The van der Waals surface area contributed by atoms with Crippen molar-refractivity contribution in [2.24, 2.45) is 17.8 Å². The molecule has 1 fully saturated rings. The van der Waals surface area contributed by atoms with Crippen LogP contribution >= 0.6 is 12.6 Å². The number of hydrogen-bond donors (Lipinski definition) is 4. The third-order valence-corrected chi connectivity index (χ3v) is 4.30. The molecule has 0 saturated heterocycles. The molecule has 5 nitrogen and oxygen atoms in total. The van der Waals surface area contributed by atoms with Crippen LogP contribution in [0, 0.1) is 17.8 Å². The molecule has 0 spiro atoms. The van der Waals surface area contributed by atoms with Crippen LogP contribution in [-0.4, -0.2) is 36.4 Å². The zero-order chi connectivity index (χ0) is 16.3. The molecule has 1 aliphatic rings. The van der Waals surface area contributed by atoms with Gasteiger partial charge in [0.1, 0.15) is 0 Å². The molecule has 0 heterocycles. The molecule has 0 bridgehead atoms. The zero-order valence-electron chi connectivity index (χ0n) is 13.2. The molecule has 3 N–H and O–H groups in total. The molecule has 1 saturated carbocycles. The Balaban J connectivity index is 0.000000690. The Morgan fingerprint density at radius 1 is 1.14 bits per heavy atom. The second-order valence-corrected chi connectivity index (χ2v) is 7.42. The molecule has 1 aliphatic carbocycles. The van der Waals surface area contributed by atoms with Gasteiger partial charge in [-0.1, -0.05) is 33.1 Å². The van der Waals surface area contributed by atoms with E-state index >= 15 is 0 Å². The summed E-state index contributed by atoms with van der Waals surface area (Å²) in [5, 5.41) is 3.41. The molecule has 128 valence electrons. The standard InChI is InChI=1S/C14H29NS.H2O4S/c1-12-6-7-14(13(2)11-12)5-3-4-8-15-9-10-16;1-5(2,3)4/h12-16H,3-11H2,1-2H3;(H2,1,2,3,4). The van der Waals surface area contributed by atoms with Crippen LogP contribution in [0.5, 0.6) is 0 Å². The van der Waals surface area contributed by atoms with Crippen molar-refractivity contribution in [3.05, 3.63) is 0 Å². The third kappa shape index (κ3) is 14.9. The Labute approximate surface area is 135 Å². The molecule has 7 heteroatoms. The Morgan fingerprint density at radius 2 is 1.76 bits per heavy atom. The van der Waals surface area contributed by atoms with Gasteiger partial charge in [-0.25, -0.2) is 0 Å². The summed E-state index contributed by atoms with van der Waals surface area (Å²) in [5.41, 5.74) is 0. The Kier molecular flexibility index (Phi) is 11.8. The molecule has 0 amide bonds. The quantitative estimate of drug-likeness (QED) is 0.325. The van der Waals surface area contributed by atoms with Gasteiger partial charge in [-0.05, 0) is 43.6 Å². The summed E-state index contributed by atoms with van der Waals surface area (Å²) >= 11 is 4.19. The lowest BCUT2D eigenvalue weighted by atomic mass is 9.74. The van der Waals surface area contributed by atoms with Crippen LogP contribution in [0.2, 0.25) is 0 Å². The summed E-state index contributed by atoms with van der Waals surface area (Å²) < 4.78 is 31.6. The van der Waals surface area contributed by atoms with Gasteiger partial charge in [0.05, 0.1) is 0 Å². The highest BCUT2D eigenvalue weighted by Gasteiger charge is 2.24. The first kappa shape index (κ1) is 21.2. The molecule has 1 rings (SSSR count). The summed E-state index contributed by atoms with van der Waals surface area (Å²) in [6.07, 6.45) is 8.60. The normalized spacial score (nSPS) is 26.0. The van der Waals surface area contributed by atoms with Crippen molar-refractivity contribution in [1.29, 1.82) is 0 Å². The summed E-state index contributed by atoms with van der Waals surface area (Å²) in [6.45, 7) is 7.10. The predicted molar refractivity (Wildman–Crippen MR) is 90.4 cm³/mol. The van der Waals surface area contributed by atoms with Crippen LogP contribution in [0.3, 0.4) is 0 Å². The van der Waals surface area contributed by atoms with Crippen molar-refractivity contribution in [3.63, 3.8) is 0 Å². The first-order chi connectivity index (χ1) is 9.74. The van der Waals surface area contributed by atoms with Gasteiger partial charge >= 0.3 is 10.4 Å². The predicted octanol–water partition coefficient (Wildman–Crippen LogP) is 3.10. The SMILES string of the molecule is CC1CCC(CCCCNCCS)C(C)C1.O=S(=O)(O)O. The van der Waals surface area contributed by atoms with Crippen LogP contribution in [0.25, 0.3) is 0 Å². The van der Waals surface area contributed by atoms with Gasteiger partial charge in [0.15, 0.2) is 0 Å². The topological polar surface area (TPSA) is 86.6 Å². The fourth-order valence-corrected chi connectivity index (χ4v) is 3.18. The first-order valence-corrected chi connectivity index (χ1v) is 9.78. The van der Waals surface area contributed by atoms with Crippen molar-refractivity contribution in [2.45, 2.75) is 52.4 Å². The molecule has 0 aromatic rings. The summed E-state index contributed by atoms with van der Waals surface area (Å²) in [7, 11) is -4.67. The van der Waals surface area contributed by atoms with Crippen LogP contribution < -0.4 is 5.32 Å². The maximum absolute atomic E-state index is 8.74. The maximum atomic E-state index is 8.74. The van der Waals surface area contributed by atoms with Gasteiger partial charge in [0, 0.05) is 12.3 Å². The van der Waals surface area contributed by atoms with Crippen LogP contribution in [-0.2, 0) is 10.4 Å². The smallest absolute Gasteiger partial charge is 0.316 e. The van der Waals surface area contributed by atoms with E-state index in [9.17, 15) is 0 Å². The Bertz CT molecular complexity index is 341. The molecule has 0 aliphatic heterocycles. The lowest BCUT2D eigenvalue weighted by Crippen LogP contribution is -2.22. The second kappa shape index (κ2) is 11.7. The van der Waals surface area contributed by atoms with Crippen molar-refractivity contribution in [3.8, 4) is 0 Å². The summed E-state index contributed by atoms with van der Waals surface area (Å²) in [6, 6.07) is 0. The molecular formula is C14H31NO4S2. The number of thiol groups is 1. The highest BCUT2D eigenvalue weighted by molar-refractivity contribution is 7.80. The summed E-state index contributed by atoms with van der Waals surface area (Å²) in [5.74, 6) is 3.91. The molecule has 3 atom stereocenters. The van der Waals surface area contributed by atoms with Gasteiger partial charge in [0.2, 0.25) is 0 Å². The minimum atomic E-state index is -4.67. The van der Waals surface area contributed by atoms with E-state index in [1.807, 2.05) is 0 Å². The van der Waals surface area contributed by atoms with Gasteiger partial charge in [-0.15, -0.1) is 0 Å². The van der Waals surface area contributed by atoms with Crippen LogP contribution in [0.15, 0.2) is 0 Å². The van der Waals surface area contributed by atoms with Gasteiger partial charge in [0.25, 0.3) is 0 Å². The fraction of sp³-hybridized carbons (Fsp3) is 1.00. The van der Waals surface area contributed by atoms with E-state index in [1.165, 1.54) is 45.1 Å². The van der Waals surface area contributed by atoms with Gasteiger partial charge in [-0.3, -0.25) is 9.11 Å². The Hall–Kier alpha value is 0.180. The van der Waals surface area contributed by atoms with E-state index in [2.05, 4.69) is 31.8 Å². The average Bonchev–Trinajstić information content (AvgIpc) is 2.34. The number of unbranched alkanes of at least 4 members (excludes halogenated alkanes) is 1. The minimum absolute atomic E-state index is 0.956. The van der Waals surface area contributed by atoms with Crippen molar-refractivity contribution >= 4 is 23.0 Å². The maximum Gasteiger partial charge on any atom is 0.394 e. The van der Waals surface area contributed by atoms with Crippen LogP contribution in [0.1, 0.15) is 52.4 Å². The molecule has 0 aromatic heterocycles. The van der Waals surface area contributed by atoms with Gasteiger partial charge in [-0.2, -0.15) is 21.0 Å².